The molecule has 1 aromatic carbocycles. The summed E-state index contributed by atoms with van der Waals surface area (Å²) in [5, 5.41) is 14.0. The van der Waals surface area contributed by atoms with E-state index in [2.05, 4.69) is 5.32 Å². The Labute approximate surface area is 132 Å². The Bertz CT molecular complexity index is 409. The maximum absolute atomic E-state index is 9.90. The number of hydrogen-bond donors (Lipinski definition) is 2. The van der Waals surface area contributed by atoms with Crippen LogP contribution in [0.5, 0.6) is 5.75 Å². The van der Waals surface area contributed by atoms with Crippen molar-refractivity contribution in [1.29, 1.82) is 0 Å². The van der Waals surface area contributed by atoms with Crippen molar-refractivity contribution in [3.63, 3.8) is 0 Å². The highest BCUT2D eigenvalue weighted by molar-refractivity contribution is 6.30. The summed E-state index contributed by atoms with van der Waals surface area (Å²) in [6, 6.07) is 6.08. The molecule has 114 valence electrons. The maximum Gasteiger partial charge on any atom is 0.122 e. The Hall–Kier alpha value is -0.480. The van der Waals surface area contributed by atoms with E-state index in [1.54, 1.807) is 6.07 Å². The lowest BCUT2D eigenvalue weighted by Crippen LogP contribution is -2.36. The van der Waals surface area contributed by atoms with Crippen LogP contribution in [-0.2, 0) is 0 Å². The molecule has 1 aliphatic carbocycles. The summed E-state index contributed by atoms with van der Waals surface area (Å²) in [5.74, 6) is 0.782. The number of nitrogens with one attached hydrogen (secondary N) is 1. The molecule has 0 aromatic heterocycles. The van der Waals surface area contributed by atoms with Crippen LogP contribution in [0.4, 0.5) is 0 Å². The van der Waals surface area contributed by atoms with E-state index in [1.165, 1.54) is 25.7 Å². The number of rotatable bonds is 6. The van der Waals surface area contributed by atoms with Crippen LogP contribution < -0.4 is 10.1 Å². The van der Waals surface area contributed by atoms with Crippen molar-refractivity contribution < 1.29 is 9.84 Å². The van der Waals surface area contributed by atoms with Gasteiger partial charge in [-0.25, -0.2) is 0 Å². The third-order valence-corrected chi connectivity index (χ3v) is 3.80. The first-order valence-electron chi connectivity index (χ1n) is 6.95. The summed E-state index contributed by atoms with van der Waals surface area (Å²) in [5.41, 5.74) is 0.989. The topological polar surface area (TPSA) is 41.5 Å². The summed E-state index contributed by atoms with van der Waals surface area (Å²) >= 11 is 5.89. The van der Waals surface area contributed by atoms with Crippen LogP contribution >= 0.6 is 24.0 Å². The van der Waals surface area contributed by atoms with Gasteiger partial charge in [0.1, 0.15) is 18.5 Å². The number of aliphatic hydroxyl groups is 1. The number of hydrogen-bond acceptors (Lipinski definition) is 3. The Kier molecular flexibility index (Phi) is 7.67. The molecule has 1 fully saturated rings. The number of aliphatic hydroxyl groups excluding tert-OH is 1. The van der Waals surface area contributed by atoms with E-state index in [0.29, 0.717) is 24.2 Å². The summed E-state index contributed by atoms with van der Waals surface area (Å²) in [7, 11) is 0. The number of benzene rings is 1. The third-order valence-electron chi connectivity index (χ3n) is 3.57. The molecule has 0 heterocycles. The Morgan fingerprint density at radius 1 is 1.40 bits per heavy atom. The zero-order chi connectivity index (χ0) is 13.7. The van der Waals surface area contributed by atoms with Crippen LogP contribution in [0.3, 0.4) is 0 Å². The molecule has 0 spiro atoms. The molecule has 3 nitrogen and oxygen atoms in total. The number of ether oxygens (including phenoxy) is 1. The van der Waals surface area contributed by atoms with Crippen LogP contribution in [0.15, 0.2) is 18.2 Å². The maximum atomic E-state index is 9.90. The molecule has 1 aromatic rings. The van der Waals surface area contributed by atoms with Crippen molar-refractivity contribution in [3.05, 3.63) is 28.8 Å². The minimum atomic E-state index is -0.476. The Morgan fingerprint density at radius 3 is 2.75 bits per heavy atom. The normalized spacial score (nSPS) is 16.8. The first-order valence-corrected chi connectivity index (χ1v) is 7.33. The van der Waals surface area contributed by atoms with Gasteiger partial charge in [-0.05, 0) is 43.5 Å². The predicted octanol–water partition coefficient (Wildman–Crippen LogP) is 3.34. The molecule has 0 saturated heterocycles. The van der Waals surface area contributed by atoms with Gasteiger partial charge < -0.3 is 15.2 Å². The second kappa shape index (κ2) is 8.73. The van der Waals surface area contributed by atoms with E-state index in [-0.39, 0.29) is 12.4 Å². The van der Waals surface area contributed by atoms with E-state index in [0.717, 1.165) is 11.3 Å². The van der Waals surface area contributed by atoms with Gasteiger partial charge in [-0.2, -0.15) is 0 Å². The third kappa shape index (κ3) is 5.49. The van der Waals surface area contributed by atoms with Crippen molar-refractivity contribution in [2.24, 2.45) is 0 Å². The van der Waals surface area contributed by atoms with E-state index in [4.69, 9.17) is 16.3 Å². The molecule has 2 N–H and O–H groups in total. The van der Waals surface area contributed by atoms with Crippen molar-refractivity contribution in [3.8, 4) is 5.75 Å². The van der Waals surface area contributed by atoms with E-state index >= 15 is 0 Å². The van der Waals surface area contributed by atoms with Crippen LogP contribution in [0.2, 0.25) is 5.02 Å². The molecule has 2 rings (SSSR count). The van der Waals surface area contributed by atoms with Gasteiger partial charge in [0.05, 0.1) is 0 Å². The van der Waals surface area contributed by atoms with Crippen LogP contribution in [0.25, 0.3) is 0 Å². The molecule has 0 bridgehead atoms. The van der Waals surface area contributed by atoms with Crippen molar-refractivity contribution >= 4 is 24.0 Å². The second-order valence-electron chi connectivity index (χ2n) is 5.26. The quantitative estimate of drug-likeness (QED) is 0.845. The molecular weight excluding hydrogens is 297 g/mol. The molecule has 0 aliphatic heterocycles. The lowest BCUT2D eigenvalue weighted by Gasteiger charge is -2.17. The Morgan fingerprint density at radius 2 is 2.10 bits per heavy atom. The second-order valence-corrected chi connectivity index (χ2v) is 5.70. The average molecular weight is 320 g/mol. The van der Waals surface area contributed by atoms with Crippen LogP contribution in [0.1, 0.15) is 31.2 Å². The number of aryl methyl sites for hydroxylation is 1. The molecule has 20 heavy (non-hydrogen) atoms. The zero-order valence-electron chi connectivity index (χ0n) is 11.8. The fourth-order valence-corrected chi connectivity index (χ4v) is 2.68. The monoisotopic (exact) mass is 319 g/mol. The molecule has 1 aliphatic rings. The highest BCUT2D eigenvalue weighted by atomic mass is 35.5. The van der Waals surface area contributed by atoms with Crippen molar-refractivity contribution in [2.75, 3.05) is 13.2 Å². The summed E-state index contributed by atoms with van der Waals surface area (Å²) in [6.07, 6.45) is 4.58. The molecule has 5 heteroatoms. The number of halogens is 2. The molecule has 0 radical (unpaired) electrons. The summed E-state index contributed by atoms with van der Waals surface area (Å²) in [6.45, 7) is 2.85. The van der Waals surface area contributed by atoms with E-state index in [9.17, 15) is 5.11 Å². The minimum Gasteiger partial charge on any atom is -0.491 e. The fourth-order valence-electron chi connectivity index (χ4n) is 2.45. The minimum absolute atomic E-state index is 0. The summed E-state index contributed by atoms with van der Waals surface area (Å²) < 4.78 is 5.62. The SMILES string of the molecule is Cc1cc(Cl)ccc1OCC(O)CNC1CCCC1.Cl. The van der Waals surface area contributed by atoms with Crippen LogP contribution in [0, 0.1) is 6.92 Å². The van der Waals surface area contributed by atoms with Gasteiger partial charge in [0, 0.05) is 17.6 Å². The largest absolute Gasteiger partial charge is 0.491 e. The highest BCUT2D eigenvalue weighted by Gasteiger charge is 2.15. The molecule has 0 amide bonds. The summed E-state index contributed by atoms with van der Waals surface area (Å²) in [4.78, 5) is 0. The molecule has 1 saturated carbocycles. The van der Waals surface area contributed by atoms with Crippen molar-refractivity contribution in [2.45, 2.75) is 44.8 Å². The molecule has 1 atom stereocenters. The van der Waals surface area contributed by atoms with Crippen LogP contribution in [-0.4, -0.2) is 30.4 Å². The zero-order valence-corrected chi connectivity index (χ0v) is 13.3. The first-order chi connectivity index (χ1) is 9.15. The van der Waals surface area contributed by atoms with Crippen molar-refractivity contribution in [1.82, 2.24) is 5.32 Å². The fraction of sp³-hybridized carbons (Fsp3) is 0.600. The predicted molar refractivity (Wildman–Crippen MR) is 85.2 cm³/mol. The van der Waals surface area contributed by atoms with E-state index in [1.807, 2.05) is 19.1 Å². The standard InChI is InChI=1S/C15H22ClNO2.ClH/c1-11-8-12(16)6-7-15(11)19-10-14(18)9-17-13-4-2-3-5-13;/h6-8,13-14,17-18H,2-5,9-10H2,1H3;1H. The average Bonchev–Trinajstić information content (AvgIpc) is 2.88. The van der Waals surface area contributed by atoms with Gasteiger partial charge >= 0.3 is 0 Å². The molecular formula is C15H23Cl2NO2. The van der Waals surface area contributed by atoms with Gasteiger partial charge in [-0.15, -0.1) is 12.4 Å². The van der Waals surface area contributed by atoms with E-state index < -0.39 is 6.10 Å². The van der Waals surface area contributed by atoms with Gasteiger partial charge in [0.15, 0.2) is 0 Å². The molecule has 1 unspecified atom stereocenters. The highest BCUT2D eigenvalue weighted by Crippen LogP contribution is 2.22. The Balaban J connectivity index is 0.00000200. The smallest absolute Gasteiger partial charge is 0.122 e. The van der Waals surface area contributed by atoms with Gasteiger partial charge in [-0.1, -0.05) is 24.4 Å². The van der Waals surface area contributed by atoms with Gasteiger partial charge in [-0.3, -0.25) is 0 Å². The first kappa shape index (κ1) is 17.6. The van der Waals surface area contributed by atoms with Gasteiger partial charge in [0.25, 0.3) is 0 Å². The van der Waals surface area contributed by atoms with Gasteiger partial charge in [0.2, 0.25) is 0 Å². The lowest BCUT2D eigenvalue weighted by atomic mass is 10.2. The lowest BCUT2D eigenvalue weighted by molar-refractivity contribution is 0.103.